The van der Waals surface area contributed by atoms with Crippen molar-refractivity contribution in [2.75, 3.05) is 31.1 Å². The minimum Gasteiger partial charge on any atom is -0.369 e. The van der Waals surface area contributed by atoms with Crippen LogP contribution in [0.5, 0.6) is 0 Å². The van der Waals surface area contributed by atoms with E-state index in [0.29, 0.717) is 11.4 Å². The van der Waals surface area contributed by atoms with Crippen molar-refractivity contribution < 1.29 is 0 Å². The van der Waals surface area contributed by atoms with E-state index in [1.54, 1.807) is 0 Å². The van der Waals surface area contributed by atoms with Crippen molar-refractivity contribution >= 4 is 16.6 Å². The molecule has 2 aromatic carbocycles. The molecule has 0 amide bonds. The number of rotatable bonds is 7. The maximum absolute atomic E-state index is 13.6. The van der Waals surface area contributed by atoms with Gasteiger partial charge in [-0.1, -0.05) is 32.0 Å². The lowest BCUT2D eigenvalue weighted by Crippen LogP contribution is -2.49. The summed E-state index contributed by atoms with van der Waals surface area (Å²) in [5.74, 6) is 0.716. The molecule has 1 aliphatic heterocycles. The molecule has 0 aliphatic carbocycles. The summed E-state index contributed by atoms with van der Waals surface area (Å²) in [6, 6.07) is 14.6. The van der Waals surface area contributed by atoms with Crippen molar-refractivity contribution in [2.45, 2.75) is 66.0 Å². The first-order valence-electron chi connectivity index (χ1n) is 13.7. The average Bonchev–Trinajstić information content (AvgIpc) is 3.41. The fourth-order valence-corrected chi connectivity index (χ4v) is 5.42. The second-order valence-corrected chi connectivity index (χ2v) is 11.2. The second-order valence-electron chi connectivity index (χ2n) is 11.2. The number of aromatic nitrogens is 5. The van der Waals surface area contributed by atoms with E-state index in [0.717, 1.165) is 49.9 Å². The first-order valence-corrected chi connectivity index (χ1v) is 13.7. The lowest BCUT2D eigenvalue weighted by Gasteiger charge is -2.40. The molecule has 4 aromatic rings. The molecule has 0 spiro atoms. The molecule has 5 rings (SSSR count). The molecule has 8 heteroatoms. The third-order valence-electron chi connectivity index (χ3n) is 8.20. The van der Waals surface area contributed by atoms with Gasteiger partial charge in [-0.2, -0.15) is 0 Å². The first-order chi connectivity index (χ1) is 18.2. The highest BCUT2D eigenvalue weighted by atomic mass is 16.1. The van der Waals surface area contributed by atoms with E-state index in [1.165, 1.54) is 22.4 Å². The number of hydrogen-bond donors (Lipinski definition) is 1. The molecule has 0 radical (unpaired) electrons. The summed E-state index contributed by atoms with van der Waals surface area (Å²) in [5.41, 5.74) is 6.24. The van der Waals surface area contributed by atoms with Crippen molar-refractivity contribution in [2.24, 2.45) is 0 Å². The van der Waals surface area contributed by atoms with Crippen molar-refractivity contribution in [1.82, 2.24) is 30.1 Å². The number of pyridine rings is 1. The monoisotopic (exact) mass is 513 g/mol. The van der Waals surface area contributed by atoms with Gasteiger partial charge in [0, 0.05) is 42.9 Å². The van der Waals surface area contributed by atoms with Gasteiger partial charge in [0.05, 0.1) is 5.54 Å². The Balaban J connectivity index is 1.57. The number of fused-ring (bicyclic) bond motifs is 1. The molecule has 1 aliphatic rings. The highest BCUT2D eigenvalue weighted by Gasteiger charge is 2.35. The maximum Gasteiger partial charge on any atom is 0.253 e. The summed E-state index contributed by atoms with van der Waals surface area (Å²) in [4.78, 5) is 21.6. The average molecular weight is 514 g/mol. The molecule has 200 valence electrons. The van der Waals surface area contributed by atoms with Gasteiger partial charge < -0.3 is 9.88 Å². The van der Waals surface area contributed by atoms with Crippen LogP contribution in [0.2, 0.25) is 0 Å². The van der Waals surface area contributed by atoms with Crippen molar-refractivity contribution in [3.8, 4) is 0 Å². The normalized spacial score (nSPS) is 15.8. The number of aromatic amines is 1. The minimum absolute atomic E-state index is 0.0902. The molecule has 0 saturated carbocycles. The van der Waals surface area contributed by atoms with Crippen LogP contribution in [-0.2, 0) is 12.0 Å². The molecular weight excluding hydrogens is 474 g/mol. The highest BCUT2D eigenvalue weighted by Crippen LogP contribution is 2.32. The molecule has 1 N–H and O–H groups in total. The van der Waals surface area contributed by atoms with E-state index in [-0.39, 0.29) is 17.1 Å². The Morgan fingerprint density at radius 3 is 2.47 bits per heavy atom. The minimum atomic E-state index is -0.352. The molecule has 1 atom stereocenters. The summed E-state index contributed by atoms with van der Waals surface area (Å²) in [6.07, 6.45) is 1.81. The van der Waals surface area contributed by atoms with Crippen LogP contribution in [0.15, 0.2) is 47.3 Å². The molecule has 0 unspecified atom stereocenters. The predicted octanol–water partition coefficient (Wildman–Crippen LogP) is 4.75. The van der Waals surface area contributed by atoms with Gasteiger partial charge in [-0.3, -0.25) is 9.69 Å². The van der Waals surface area contributed by atoms with Crippen LogP contribution in [0.25, 0.3) is 10.9 Å². The third-order valence-corrected chi connectivity index (χ3v) is 8.20. The van der Waals surface area contributed by atoms with E-state index in [2.05, 4.69) is 102 Å². The number of anilines is 1. The summed E-state index contributed by atoms with van der Waals surface area (Å²) in [6.45, 7) is 16.2. The summed E-state index contributed by atoms with van der Waals surface area (Å²) in [5, 5.41) is 14.1. The number of nitrogens with zero attached hydrogens (tertiary/aromatic N) is 6. The van der Waals surface area contributed by atoms with Gasteiger partial charge in [0.25, 0.3) is 5.56 Å². The molecule has 1 fully saturated rings. The topological polar surface area (TPSA) is 82.9 Å². The molecule has 0 bridgehead atoms. The Hall–Kier alpha value is -3.52. The van der Waals surface area contributed by atoms with Crippen LogP contribution in [0.4, 0.5) is 5.69 Å². The van der Waals surface area contributed by atoms with Gasteiger partial charge in [-0.25, -0.2) is 4.68 Å². The zero-order chi connectivity index (χ0) is 27.0. The number of benzene rings is 2. The number of aryl methyl sites for hydroxylation is 3. The molecule has 1 saturated heterocycles. The first kappa shape index (κ1) is 26.1. The zero-order valence-electron chi connectivity index (χ0n) is 23.5. The SMILES string of the molecule is CCc1ccc2[nH]c(=O)c([C@H](c3nnnn3C(C)(C)CC)N3CCN(c4cc(C)ccc4C)CC3)cc2c1. The smallest absolute Gasteiger partial charge is 0.253 e. The lowest BCUT2D eigenvalue weighted by atomic mass is 9.98. The van der Waals surface area contributed by atoms with Gasteiger partial charge in [0.2, 0.25) is 0 Å². The number of hydrogen-bond acceptors (Lipinski definition) is 6. The van der Waals surface area contributed by atoms with Gasteiger partial charge in [0.1, 0.15) is 6.04 Å². The van der Waals surface area contributed by atoms with E-state index in [4.69, 9.17) is 0 Å². The summed E-state index contributed by atoms with van der Waals surface area (Å²) >= 11 is 0. The predicted molar refractivity (Wildman–Crippen MR) is 153 cm³/mol. The zero-order valence-corrected chi connectivity index (χ0v) is 23.5. The fourth-order valence-electron chi connectivity index (χ4n) is 5.42. The number of piperazine rings is 1. The Kier molecular flexibility index (Phi) is 7.09. The molecular formula is C30H39N7O. The van der Waals surface area contributed by atoms with Gasteiger partial charge in [-0.05, 0) is 97.3 Å². The lowest BCUT2D eigenvalue weighted by molar-refractivity contribution is 0.186. The number of tetrazole rings is 1. The summed E-state index contributed by atoms with van der Waals surface area (Å²) in [7, 11) is 0. The van der Waals surface area contributed by atoms with Crippen LogP contribution in [0, 0.1) is 13.8 Å². The molecule has 3 heterocycles. The van der Waals surface area contributed by atoms with Gasteiger partial charge in [-0.15, -0.1) is 5.10 Å². The van der Waals surface area contributed by atoms with E-state index >= 15 is 0 Å². The van der Waals surface area contributed by atoms with Gasteiger partial charge in [0.15, 0.2) is 5.82 Å². The quantitative estimate of drug-likeness (QED) is 0.384. The van der Waals surface area contributed by atoms with Crippen molar-refractivity contribution in [3.05, 3.63) is 80.9 Å². The van der Waals surface area contributed by atoms with E-state index in [1.807, 2.05) is 16.8 Å². The van der Waals surface area contributed by atoms with Crippen LogP contribution < -0.4 is 10.5 Å². The van der Waals surface area contributed by atoms with Gasteiger partial charge >= 0.3 is 0 Å². The third kappa shape index (κ3) is 4.85. The highest BCUT2D eigenvalue weighted by molar-refractivity contribution is 5.80. The molecule has 8 nitrogen and oxygen atoms in total. The maximum atomic E-state index is 13.6. The summed E-state index contributed by atoms with van der Waals surface area (Å²) < 4.78 is 1.92. The van der Waals surface area contributed by atoms with E-state index < -0.39 is 0 Å². The standard InChI is InChI=1S/C30H39N7O/c1-7-22-11-12-25-23(18-22)19-24(29(38)31-25)27(28-32-33-34-37(28)30(5,6)8-2)36-15-13-35(14-16-36)26-17-20(3)9-10-21(26)4/h9-12,17-19,27H,7-8,13-16H2,1-6H3,(H,31,38)/t27-/m1/s1. The number of H-pyrrole nitrogens is 1. The molecule has 2 aromatic heterocycles. The van der Waals surface area contributed by atoms with Crippen molar-refractivity contribution in [3.63, 3.8) is 0 Å². The van der Waals surface area contributed by atoms with Crippen LogP contribution in [0.1, 0.15) is 68.2 Å². The largest absolute Gasteiger partial charge is 0.369 e. The van der Waals surface area contributed by atoms with Crippen LogP contribution in [0.3, 0.4) is 0 Å². The Bertz CT molecular complexity index is 1490. The van der Waals surface area contributed by atoms with E-state index in [9.17, 15) is 4.79 Å². The van der Waals surface area contributed by atoms with Crippen molar-refractivity contribution in [1.29, 1.82) is 0 Å². The fraction of sp³-hybridized carbons (Fsp3) is 0.467. The number of nitrogens with one attached hydrogen (secondary N) is 1. The Morgan fingerprint density at radius 2 is 1.76 bits per heavy atom. The second kappa shape index (κ2) is 10.3. The molecule has 38 heavy (non-hydrogen) atoms. The Labute approximate surface area is 224 Å². The van der Waals surface area contributed by atoms with Crippen LogP contribution >= 0.6 is 0 Å². The Morgan fingerprint density at radius 1 is 1.00 bits per heavy atom. The van der Waals surface area contributed by atoms with Crippen LogP contribution in [-0.4, -0.2) is 56.3 Å².